The van der Waals surface area contributed by atoms with Crippen molar-refractivity contribution in [1.82, 2.24) is 9.62 Å². The third-order valence-electron chi connectivity index (χ3n) is 5.49. The number of ether oxygens (including phenoxy) is 2. The number of carbonyl (C=O) groups excluding carboxylic acids is 2. The minimum absolute atomic E-state index is 0.173. The number of halogens is 1. The normalized spacial score (nSPS) is 19.3. The van der Waals surface area contributed by atoms with Gasteiger partial charge in [0.15, 0.2) is 0 Å². The number of methoxy groups -OCH3 is 2. The Balaban J connectivity index is 2.01. The van der Waals surface area contributed by atoms with Gasteiger partial charge in [-0.1, -0.05) is 23.7 Å². The number of nitrogens with one attached hydrogen (secondary N) is 1. The van der Waals surface area contributed by atoms with E-state index in [1.165, 1.54) is 26.0 Å². The maximum absolute atomic E-state index is 13.5. The first-order valence-corrected chi connectivity index (χ1v) is 12.2. The van der Waals surface area contributed by atoms with Gasteiger partial charge in [-0.15, -0.1) is 0 Å². The Morgan fingerprint density at radius 2 is 1.82 bits per heavy atom. The maximum atomic E-state index is 13.5. The summed E-state index contributed by atoms with van der Waals surface area (Å²) in [6.45, 7) is 1.09. The number of anilines is 1. The number of benzene rings is 2. The second kappa shape index (κ2) is 9.58. The van der Waals surface area contributed by atoms with E-state index in [-0.39, 0.29) is 13.1 Å². The van der Waals surface area contributed by atoms with Gasteiger partial charge in [-0.3, -0.25) is 14.5 Å². The van der Waals surface area contributed by atoms with Crippen molar-refractivity contribution in [2.75, 3.05) is 38.5 Å². The third-order valence-corrected chi connectivity index (χ3v) is 6.94. The van der Waals surface area contributed by atoms with Gasteiger partial charge in [0, 0.05) is 24.2 Å². The molecule has 1 N–H and O–H groups in total. The molecule has 2 amide bonds. The van der Waals surface area contributed by atoms with Gasteiger partial charge in [0.1, 0.15) is 17.0 Å². The summed E-state index contributed by atoms with van der Waals surface area (Å²) in [5.41, 5.74) is -0.417. The van der Waals surface area contributed by atoms with E-state index in [4.69, 9.17) is 21.1 Å². The Kier molecular flexibility index (Phi) is 7.20. The molecule has 2 aromatic rings. The summed E-state index contributed by atoms with van der Waals surface area (Å²) in [5, 5.41) is 3.38. The van der Waals surface area contributed by atoms with Gasteiger partial charge < -0.3 is 14.8 Å². The fourth-order valence-electron chi connectivity index (χ4n) is 3.72. The zero-order valence-corrected chi connectivity index (χ0v) is 20.4. The first-order valence-electron chi connectivity index (χ1n) is 10.0. The summed E-state index contributed by atoms with van der Waals surface area (Å²) < 4.78 is 36.2. The van der Waals surface area contributed by atoms with Crippen LogP contribution in [0.4, 0.5) is 5.69 Å². The topological polar surface area (TPSA) is 105 Å². The van der Waals surface area contributed by atoms with E-state index in [2.05, 4.69) is 5.32 Å². The molecule has 0 bridgehead atoms. The SMILES string of the molecule is COc1ccc(N2C(=O)CN(S(C)(=O)=O)C[C@@]2(C)C(=O)NCc2ccc(Cl)cc2)c(OC)c1. The van der Waals surface area contributed by atoms with Crippen LogP contribution in [0.2, 0.25) is 5.02 Å². The van der Waals surface area contributed by atoms with Gasteiger partial charge in [0.2, 0.25) is 21.8 Å². The quantitative estimate of drug-likeness (QED) is 0.630. The standard InChI is InChI=1S/C22H26ClN3O6S/c1-22(21(28)24-12-15-5-7-16(23)8-6-15)14-25(33(4,29)30)13-20(27)26(22)18-10-9-17(31-2)11-19(18)32-3/h5-11H,12-14H2,1-4H3,(H,24,28)/t22-/m0/s1. The molecule has 9 nitrogen and oxygen atoms in total. The molecule has 0 saturated carbocycles. The van der Waals surface area contributed by atoms with Crippen molar-refractivity contribution in [3.63, 3.8) is 0 Å². The average Bonchev–Trinajstić information content (AvgIpc) is 2.77. The van der Waals surface area contributed by atoms with E-state index >= 15 is 0 Å². The van der Waals surface area contributed by atoms with Crippen molar-refractivity contribution >= 4 is 39.1 Å². The van der Waals surface area contributed by atoms with E-state index in [0.717, 1.165) is 16.1 Å². The van der Waals surface area contributed by atoms with Crippen LogP contribution in [0.15, 0.2) is 42.5 Å². The highest BCUT2D eigenvalue weighted by molar-refractivity contribution is 7.88. The number of sulfonamides is 1. The van der Waals surface area contributed by atoms with Gasteiger partial charge in [-0.2, -0.15) is 4.31 Å². The van der Waals surface area contributed by atoms with Crippen LogP contribution in [0.5, 0.6) is 11.5 Å². The van der Waals surface area contributed by atoms with E-state index in [0.29, 0.717) is 22.2 Å². The van der Waals surface area contributed by atoms with Crippen LogP contribution in [0.1, 0.15) is 12.5 Å². The second-order valence-corrected chi connectivity index (χ2v) is 10.3. The molecule has 178 valence electrons. The second-order valence-electron chi connectivity index (χ2n) is 7.88. The highest BCUT2D eigenvalue weighted by Gasteiger charge is 2.51. The van der Waals surface area contributed by atoms with Crippen molar-refractivity contribution in [2.45, 2.75) is 19.0 Å². The van der Waals surface area contributed by atoms with E-state index in [9.17, 15) is 18.0 Å². The Bertz CT molecular complexity index is 1160. The number of rotatable bonds is 7. The summed E-state index contributed by atoms with van der Waals surface area (Å²) in [7, 11) is -0.791. The van der Waals surface area contributed by atoms with Crippen LogP contribution in [0, 0.1) is 0 Å². The molecule has 0 aliphatic carbocycles. The Labute approximate surface area is 198 Å². The maximum Gasteiger partial charge on any atom is 0.247 e. The number of carbonyl (C=O) groups is 2. The lowest BCUT2D eigenvalue weighted by Crippen LogP contribution is -2.70. The summed E-state index contributed by atoms with van der Waals surface area (Å²) in [6.07, 6.45) is 1.01. The molecular formula is C22H26ClN3O6S. The van der Waals surface area contributed by atoms with Crippen LogP contribution >= 0.6 is 11.6 Å². The molecule has 1 aliphatic heterocycles. The largest absolute Gasteiger partial charge is 0.497 e. The molecule has 0 unspecified atom stereocenters. The monoisotopic (exact) mass is 495 g/mol. The van der Waals surface area contributed by atoms with Gasteiger partial charge >= 0.3 is 0 Å². The Hall–Kier alpha value is -2.82. The fraction of sp³-hybridized carbons (Fsp3) is 0.364. The molecule has 33 heavy (non-hydrogen) atoms. The van der Waals surface area contributed by atoms with E-state index in [1.54, 1.807) is 42.5 Å². The molecule has 3 rings (SSSR count). The van der Waals surface area contributed by atoms with Crippen molar-refractivity contribution in [1.29, 1.82) is 0 Å². The first-order chi connectivity index (χ1) is 15.5. The lowest BCUT2D eigenvalue weighted by Gasteiger charge is -2.46. The summed E-state index contributed by atoms with van der Waals surface area (Å²) in [6, 6.07) is 11.8. The predicted octanol–water partition coefficient (Wildman–Crippen LogP) is 2.04. The molecule has 2 aromatic carbocycles. The Morgan fingerprint density at radius 1 is 1.15 bits per heavy atom. The molecule has 0 radical (unpaired) electrons. The Morgan fingerprint density at radius 3 is 2.39 bits per heavy atom. The lowest BCUT2D eigenvalue weighted by atomic mass is 9.94. The summed E-state index contributed by atoms with van der Waals surface area (Å²) in [4.78, 5) is 28.0. The van der Waals surface area contributed by atoms with Crippen molar-refractivity contribution < 1.29 is 27.5 Å². The summed E-state index contributed by atoms with van der Waals surface area (Å²) >= 11 is 5.92. The van der Waals surface area contributed by atoms with Gasteiger partial charge in [0.05, 0.1) is 32.7 Å². The number of amides is 2. The summed E-state index contributed by atoms with van der Waals surface area (Å²) in [5.74, 6) is -0.254. The molecule has 0 aromatic heterocycles. The van der Waals surface area contributed by atoms with Crippen LogP contribution in [0.3, 0.4) is 0 Å². The van der Waals surface area contributed by atoms with Crippen molar-refractivity contribution in [3.8, 4) is 11.5 Å². The van der Waals surface area contributed by atoms with Crippen molar-refractivity contribution in [2.24, 2.45) is 0 Å². The molecule has 1 atom stereocenters. The minimum atomic E-state index is -3.73. The molecule has 1 heterocycles. The number of nitrogens with zero attached hydrogens (tertiary/aromatic N) is 2. The predicted molar refractivity (Wildman–Crippen MR) is 125 cm³/mol. The lowest BCUT2D eigenvalue weighted by molar-refractivity contribution is -0.133. The minimum Gasteiger partial charge on any atom is -0.497 e. The average molecular weight is 496 g/mol. The van der Waals surface area contributed by atoms with Gasteiger partial charge in [-0.25, -0.2) is 8.42 Å². The van der Waals surface area contributed by atoms with E-state index in [1.807, 2.05) is 0 Å². The number of hydrogen-bond donors (Lipinski definition) is 1. The fourth-order valence-corrected chi connectivity index (χ4v) is 4.68. The van der Waals surface area contributed by atoms with Crippen molar-refractivity contribution in [3.05, 3.63) is 53.1 Å². The highest BCUT2D eigenvalue weighted by atomic mass is 35.5. The zero-order valence-electron chi connectivity index (χ0n) is 18.8. The molecule has 1 fully saturated rings. The molecule has 11 heteroatoms. The number of hydrogen-bond acceptors (Lipinski definition) is 6. The van der Waals surface area contributed by atoms with Crippen LogP contribution < -0.4 is 19.7 Å². The zero-order chi connectivity index (χ0) is 24.4. The van der Waals surface area contributed by atoms with Crippen LogP contribution in [-0.4, -0.2) is 63.6 Å². The molecule has 1 aliphatic rings. The molecule has 0 spiro atoms. The van der Waals surface area contributed by atoms with E-state index < -0.39 is 33.9 Å². The molecular weight excluding hydrogens is 470 g/mol. The molecule has 1 saturated heterocycles. The third kappa shape index (κ3) is 5.23. The van der Waals surface area contributed by atoms with Gasteiger partial charge in [0.25, 0.3) is 0 Å². The first kappa shape index (κ1) is 24.8. The highest BCUT2D eigenvalue weighted by Crippen LogP contribution is 2.38. The smallest absolute Gasteiger partial charge is 0.247 e. The number of piperazine rings is 1. The van der Waals surface area contributed by atoms with Gasteiger partial charge in [-0.05, 0) is 36.8 Å². The van der Waals surface area contributed by atoms with Crippen LogP contribution in [-0.2, 0) is 26.2 Å². The van der Waals surface area contributed by atoms with Crippen LogP contribution in [0.25, 0.3) is 0 Å².